The van der Waals surface area contributed by atoms with Crippen molar-refractivity contribution in [2.45, 2.75) is 31.8 Å². The number of benzene rings is 2. The first kappa shape index (κ1) is 21.9. The van der Waals surface area contributed by atoms with E-state index in [9.17, 15) is 4.79 Å². The number of carbonyl (C=O) groups is 1. The SMILES string of the molecule is COc1ccc2nccc(CC(=O)NC3CCN(Cc4ccc(Cl)c(Cl)c4)CC3)c2c1. The molecule has 0 radical (unpaired) electrons. The van der Waals surface area contributed by atoms with Crippen molar-refractivity contribution in [3.05, 3.63) is 69.8 Å². The largest absolute Gasteiger partial charge is 0.497 e. The van der Waals surface area contributed by atoms with Crippen LogP contribution in [0.3, 0.4) is 0 Å². The van der Waals surface area contributed by atoms with Crippen LogP contribution >= 0.6 is 23.2 Å². The summed E-state index contributed by atoms with van der Waals surface area (Å²) in [5, 5.41) is 5.32. The van der Waals surface area contributed by atoms with Crippen LogP contribution < -0.4 is 10.1 Å². The Hall–Kier alpha value is -2.34. The molecule has 2 heterocycles. The zero-order valence-electron chi connectivity index (χ0n) is 17.4. The summed E-state index contributed by atoms with van der Waals surface area (Å²) in [6.45, 7) is 2.70. The van der Waals surface area contributed by atoms with Crippen LogP contribution in [0, 0.1) is 0 Å². The summed E-state index contributed by atoms with van der Waals surface area (Å²) in [7, 11) is 1.64. The first-order chi connectivity index (χ1) is 15.0. The molecule has 2 aromatic carbocycles. The first-order valence-electron chi connectivity index (χ1n) is 10.4. The fourth-order valence-corrected chi connectivity index (χ4v) is 4.37. The van der Waals surface area contributed by atoms with Crippen LogP contribution in [-0.4, -0.2) is 42.0 Å². The summed E-state index contributed by atoms with van der Waals surface area (Å²) in [5.41, 5.74) is 2.97. The molecule has 0 aliphatic carbocycles. The summed E-state index contributed by atoms with van der Waals surface area (Å²) < 4.78 is 5.32. The molecule has 1 amide bonds. The molecule has 1 aromatic heterocycles. The van der Waals surface area contributed by atoms with Gasteiger partial charge in [0.1, 0.15) is 5.75 Å². The Morgan fingerprint density at radius 3 is 2.68 bits per heavy atom. The second-order valence-electron chi connectivity index (χ2n) is 7.90. The molecule has 1 aliphatic heterocycles. The molecule has 4 rings (SSSR count). The van der Waals surface area contributed by atoms with Gasteiger partial charge in [-0.3, -0.25) is 14.7 Å². The molecule has 1 fully saturated rings. The lowest BCUT2D eigenvalue weighted by Gasteiger charge is -2.32. The Balaban J connectivity index is 1.31. The molecule has 0 saturated carbocycles. The Kier molecular flexibility index (Phi) is 6.96. The van der Waals surface area contributed by atoms with E-state index in [1.54, 1.807) is 13.3 Å². The lowest BCUT2D eigenvalue weighted by molar-refractivity contribution is -0.121. The molecule has 162 valence electrons. The van der Waals surface area contributed by atoms with Crippen molar-refractivity contribution in [3.63, 3.8) is 0 Å². The lowest BCUT2D eigenvalue weighted by atomic mass is 10.0. The van der Waals surface area contributed by atoms with Gasteiger partial charge in [0.25, 0.3) is 0 Å². The van der Waals surface area contributed by atoms with Crippen molar-refractivity contribution < 1.29 is 9.53 Å². The number of aromatic nitrogens is 1. The normalized spacial score (nSPS) is 15.2. The monoisotopic (exact) mass is 457 g/mol. The van der Waals surface area contributed by atoms with Gasteiger partial charge in [-0.15, -0.1) is 0 Å². The highest BCUT2D eigenvalue weighted by Gasteiger charge is 2.21. The number of likely N-dealkylation sites (tertiary alicyclic amines) is 1. The number of nitrogens with zero attached hydrogens (tertiary/aromatic N) is 2. The van der Waals surface area contributed by atoms with Gasteiger partial charge >= 0.3 is 0 Å². The quantitative estimate of drug-likeness (QED) is 0.573. The van der Waals surface area contributed by atoms with Crippen molar-refractivity contribution in [2.75, 3.05) is 20.2 Å². The Morgan fingerprint density at radius 2 is 1.94 bits per heavy atom. The van der Waals surface area contributed by atoms with Crippen LogP contribution in [-0.2, 0) is 17.8 Å². The smallest absolute Gasteiger partial charge is 0.224 e. The highest BCUT2D eigenvalue weighted by molar-refractivity contribution is 6.42. The van der Waals surface area contributed by atoms with E-state index in [0.717, 1.165) is 60.3 Å². The van der Waals surface area contributed by atoms with E-state index in [1.165, 1.54) is 0 Å². The Morgan fingerprint density at radius 1 is 1.13 bits per heavy atom. The minimum atomic E-state index is 0.0400. The van der Waals surface area contributed by atoms with Crippen molar-refractivity contribution in [1.82, 2.24) is 15.2 Å². The van der Waals surface area contributed by atoms with Crippen LogP contribution in [0.1, 0.15) is 24.0 Å². The minimum absolute atomic E-state index is 0.0400. The van der Waals surface area contributed by atoms with Gasteiger partial charge in [-0.25, -0.2) is 0 Å². The molecule has 3 aromatic rings. The van der Waals surface area contributed by atoms with Crippen molar-refractivity contribution >= 4 is 40.0 Å². The number of piperidine rings is 1. The van der Waals surface area contributed by atoms with Crippen LogP contribution in [0.2, 0.25) is 10.0 Å². The number of nitrogens with one attached hydrogen (secondary N) is 1. The van der Waals surface area contributed by atoms with Gasteiger partial charge in [-0.05, 0) is 60.4 Å². The molecule has 5 nitrogen and oxygen atoms in total. The molecule has 0 spiro atoms. The number of fused-ring (bicyclic) bond motifs is 1. The zero-order valence-corrected chi connectivity index (χ0v) is 18.9. The molecule has 1 saturated heterocycles. The third-order valence-corrected chi connectivity index (χ3v) is 6.47. The van der Waals surface area contributed by atoms with E-state index in [0.29, 0.717) is 16.5 Å². The molecule has 0 unspecified atom stereocenters. The number of rotatable bonds is 6. The standard InChI is InChI=1S/C24H25Cl2N3O2/c1-31-19-3-5-23-20(14-19)17(6-9-27-23)13-24(30)28-18-7-10-29(11-8-18)15-16-2-4-21(25)22(26)12-16/h2-6,9,12,14,18H,7-8,10-11,13,15H2,1H3,(H,28,30). The molecule has 31 heavy (non-hydrogen) atoms. The van der Waals surface area contributed by atoms with E-state index in [-0.39, 0.29) is 11.9 Å². The summed E-state index contributed by atoms with van der Waals surface area (Å²) in [6, 6.07) is 13.6. The molecule has 0 bridgehead atoms. The third-order valence-electron chi connectivity index (χ3n) is 5.73. The maximum absolute atomic E-state index is 12.7. The number of pyridine rings is 1. The molecule has 1 N–H and O–H groups in total. The predicted molar refractivity (Wildman–Crippen MR) is 125 cm³/mol. The fourth-order valence-electron chi connectivity index (χ4n) is 4.05. The lowest BCUT2D eigenvalue weighted by Crippen LogP contribution is -2.44. The number of halogens is 2. The topological polar surface area (TPSA) is 54.5 Å². The van der Waals surface area contributed by atoms with E-state index in [2.05, 4.69) is 15.2 Å². The summed E-state index contributed by atoms with van der Waals surface area (Å²) >= 11 is 12.1. The molecule has 7 heteroatoms. The van der Waals surface area contributed by atoms with Gasteiger partial charge in [-0.1, -0.05) is 29.3 Å². The average molecular weight is 458 g/mol. The van der Waals surface area contributed by atoms with E-state index >= 15 is 0 Å². The highest BCUT2D eigenvalue weighted by Crippen LogP contribution is 2.25. The molecular weight excluding hydrogens is 433 g/mol. The van der Waals surface area contributed by atoms with Crippen molar-refractivity contribution in [2.24, 2.45) is 0 Å². The molecular formula is C24H25Cl2N3O2. The number of amides is 1. The zero-order chi connectivity index (χ0) is 21.8. The molecule has 1 aliphatic rings. The van der Waals surface area contributed by atoms with E-state index < -0.39 is 0 Å². The summed E-state index contributed by atoms with van der Waals surface area (Å²) in [6.07, 6.45) is 3.94. The number of ether oxygens (including phenoxy) is 1. The third kappa shape index (κ3) is 5.48. The number of hydrogen-bond acceptors (Lipinski definition) is 4. The number of hydrogen-bond donors (Lipinski definition) is 1. The second-order valence-corrected chi connectivity index (χ2v) is 8.71. The highest BCUT2D eigenvalue weighted by atomic mass is 35.5. The Bertz CT molecular complexity index is 1080. The van der Waals surface area contributed by atoms with Crippen molar-refractivity contribution in [1.29, 1.82) is 0 Å². The van der Waals surface area contributed by atoms with Crippen LogP contribution in [0.15, 0.2) is 48.7 Å². The van der Waals surface area contributed by atoms with E-state index in [4.69, 9.17) is 27.9 Å². The van der Waals surface area contributed by atoms with Crippen LogP contribution in [0.25, 0.3) is 10.9 Å². The van der Waals surface area contributed by atoms with Gasteiger partial charge in [0, 0.05) is 37.3 Å². The van der Waals surface area contributed by atoms with Crippen LogP contribution in [0.4, 0.5) is 0 Å². The van der Waals surface area contributed by atoms with E-state index in [1.807, 2.05) is 42.5 Å². The predicted octanol–water partition coefficient (Wildman–Crippen LogP) is 4.87. The Labute approximate surface area is 192 Å². The van der Waals surface area contributed by atoms with Gasteiger partial charge in [0.15, 0.2) is 0 Å². The molecule has 0 atom stereocenters. The number of methoxy groups -OCH3 is 1. The maximum atomic E-state index is 12.7. The summed E-state index contributed by atoms with van der Waals surface area (Å²) in [4.78, 5) is 19.5. The van der Waals surface area contributed by atoms with Gasteiger partial charge in [-0.2, -0.15) is 0 Å². The maximum Gasteiger partial charge on any atom is 0.224 e. The first-order valence-corrected chi connectivity index (χ1v) is 11.1. The minimum Gasteiger partial charge on any atom is -0.497 e. The average Bonchev–Trinajstić information content (AvgIpc) is 2.77. The fraction of sp³-hybridized carbons (Fsp3) is 0.333. The van der Waals surface area contributed by atoms with Gasteiger partial charge < -0.3 is 10.1 Å². The van der Waals surface area contributed by atoms with Crippen molar-refractivity contribution in [3.8, 4) is 5.75 Å². The van der Waals surface area contributed by atoms with Gasteiger partial charge in [0.05, 0.1) is 29.1 Å². The number of carbonyl (C=O) groups excluding carboxylic acids is 1. The van der Waals surface area contributed by atoms with Gasteiger partial charge in [0.2, 0.25) is 5.91 Å². The second kappa shape index (κ2) is 9.86. The van der Waals surface area contributed by atoms with Crippen LogP contribution in [0.5, 0.6) is 5.75 Å². The summed E-state index contributed by atoms with van der Waals surface area (Å²) in [5.74, 6) is 0.801.